The molecule has 3 rings (SSSR count). The summed E-state index contributed by atoms with van der Waals surface area (Å²) < 4.78 is 0. The van der Waals surface area contributed by atoms with E-state index in [1.807, 2.05) is 78.9 Å². The Morgan fingerprint density at radius 2 is 1.26 bits per heavy atom. The third kappa shape index (κ3) is 3.27. The van der Waals surface area contributed by atoms with Crippen LogP contribution in [0.15, 0.2) is 78.9 Å². The van der Waals surface area contributed by atoms with Crippen LogP contribution in [0.3, 0.4) is 0 Å². The molecule has 0 aromatic heterocycles. The van der Waals surface area contributed by atoms with E-state index in [0.717, 1.165) is 11.1 Å². The monoisotopic (exact) mass is 300 g/mol. The lowest BCUT2D eigenvalue weighted by Crippen LogP contribution is -2.00. The van der Waals surface area contributed by atoms with Crippen molar-refractivity contribution >= 4 is 11.6 Å². The van der Waals surface area contributed by atoms with E-state index in [2.05, 4.69) is 0 Å². The van der Waals surface area contributed by atoms with Gasteiger partial charge in [0.1, 0.15) is 0 Å². The highest BCUT2D eigenvalue weighted by Gasteiger charge is 2.09. The topological polar surface area (TPSA) is 34.1 Å². The molecule has 0 spiro atoms. The Bertz CT molecular complexity index is 847. The summed E-state index contributed by atoms with van der Waals surface area (Å²) in [4.78, 5) is 23.9. The number of hydrogen-bond donors (Lipinski definition) is 0. The Balaban J connectivity index is 1.94. The maximum absolute atomic E-state index is 12.5. The van der Waals surface area contributed by atoms with Crippen LogP contribution in [0, 0.1) is 0 Å². The third-order valence-electron chi connectivity index (χ3n) is 3.79. The molecule has 3 aromatic carbocycles. The van der Waals surface area contributed by atoms with E-state index in [1.54, 1.807) is 6.92 Å². The van der Waals surface area contributed by atoms with Gasteiger partial charge in [0.2, 0.25) is 0 Å². The lowest BCUT2D eigenvalue weighted by Gasteiger charge is -2.06. The Labute approximate surface area is 135 Å². The van der Waals surface area contributed by atoms with Gasteiger partial charge in [0.25, 0.3) is 0 Å². The number of benzene rings is 3. The van der Waals surface area contributed by atoms with Crippen molar-refractivity contribution in [2.75, 3.05) is 0 Å². The molecule has 0 unspecified atom stereocenters. The molecule has 0 saturated carbocycles. The molecule has 0 aliphatic carbocycles. The van der Waals surface area contributed by atoms with Crippen LogP contribution in [0.4, 0.5) is 0 Å². The summed E-state index contributed by atoms with van der Waals surface area (Å²) in [5.74, 6) is 0.0531. The molecule has 0 amide bonds. The van der Waals surface area contributed by atoms with Crippen molar-refractivity contribution < 1.29 is 9.59 Å². The first-order valence-electron chi connectivity index (χ1n) is 7.46. The largest absolute Gasteiger partial charge is 0.295 e. The van der Waals surface area contributed by atoms with E-state index in [-0.39, 0.29) is 11.6 Å². The lowest BCUT2D eigenvalue weighted by molar-refractivity contribution is 0.101. The number of Topliss-reactive ketones (excluding diaryl/α,β-unsaturated/α-hetero) is 1. The van der Waals surface area contributed by atoms with Crippen LogP contribution in [0.5, 0.6) is 0 Å². The predicted octanol–water partition coefficient (Wildman–Crippen LogP) is 4.79. The highest BCUT2D eigenvalue weighted by molar-refractivity contribution is 6.09. The van der Waals surface area contributed by atoms with E-state index >= 15 is 0 Å². The van der Waals surface area contributed by atoms with Crippen molar-refractivity contribution in [3.63, 3.8) is 0 Å². The summed E-state index contributed by atoms with van der Waals surface area (Å²) in [6.45, 7) is 1.55. The highest BCUT2D eigenvalue weighted by atomic mass is 16.1. The van der Waals surface area contributed by atoms with E-state index in [9.17, 15) is 9.59 Å². The average Bonchev–Trinajstić information content (AvgIpc) is 2.62. The van der Waals surface area contributed by atoms with Gasteiger partial charge in [-0.2, -0.15) is 0 Å². The number of rotatable bonds is 4. The minimum absolute atomic E-state index is 0.00723. The first kappa shape index (κ1) is 14.9. The van der Waals surface area contributed by atoms with Crippen molar-refractivity contribution in [3.05, 3.63) is 95.6 Å². The second-order valence-corrected chi connectivity index (χ2v) is 5.41. The molecule has 3 aromatic rings. The van der Waals surface area contributed by atoms with Crippen LogP contribution < -0.4 is 0 Å². The molecule has 0 aliphatic heterocycles. The molecule has 23 heavy (non-hydrogen) atoms. The number of hydrogen-bond acceptors (Lipinski definition) is 2. The Hall–Kier alpha value is -3.00. The summed E-state index contributed by atoms with van der Waals surface area (Å²) in [5, 5.41) is 0. The summed E-state index contributed by atoms with van der Waals surface area (Å²) in [6, 6.07) is 24.2. The van der Waals surface area contributed by atoms with E-state index in [4.69, 9.17) is 0 Å². The van der Waals surface area contributed by atoms with Gasteiger partial charge in [-0.15, -0.1) is 0 Å². The molecule has 0 saturated heterocycles. The Morgan fingerprint density at radius 1 is 0.609 bits per heavy atom. The molecule has 0 N–H and O–H groups in total. The molecule has 0 bridgehead atoms. The van der Waals surface area contributed by atoms with Crippen LogP contribution in [0.25, 0.3) is 11.1 Å². The van der Waals surface area contributed by atoms with Crippen LogP contribution >= 0.6 is 0 Å². The zero-order chi connectivity index (χ0) is 16.2. The molecule has 0 heterocycles. The second kappa shape index (κ2) is 6.41. The standard InChI is InChI=1S/C21H16O2/c1-15(22)16-10-12-17(13-11-16)19-8-5-9-20(14-19)21(23)18-6-3-2-4-7-18/h2-14H,1H3. The summed E-state index contributed by atoms with van der Waals surface area (Å²) in [5.41, 5.74) is 3.96. The van der Waals surface area contributed by atoms with E-state index in [1.165, 1.54) is 0 Å². The molecule has 0 radical (unpaired) electrons. The smallest absolute Gasteiger partial charge is 0.193 e. The normalized spacial score (nSPS) is 10.3. The fourth-order valence-corrected chi connectivity index (χ4v) is 2.49. The molecule has 2 nitrogen and oxygen atoms in total. The quantitative estimate of drug-likeness (QED) is 0.649. The Morgan fingerprint density at radius 3 is 1.91 bits per heavy atom. The molecule has 0 atom stereocenters. The Kier molecular flexibility index (Phi) is 4.15. The van der Waals surface area contributed by atoms with E-state index < -0.39 is 0 Å². The highest BCUT2D eigenvalue weighted by Crippen LogP contribution is 2.22. The van der Waals surface area contributed by atoms with Crippen molar-refractivity contribution in [1.82, 2.24) is 0 Å². The van der Waals surface area contributed by atoms with Gasteiger partial charge < -0.3 is 0 Å². The fourth-order valence-electron chi connectivity index (χ4n) is 2.49. The fraction of sp³-hybridized carbons (Fsp3) is 0.0476. The third-order valence-corrected chi connectivity index (χ3v) is 3.79. The zero-order valence-corrected chi connectivity index (χ0v) is 12.8. The van der Waals surface area contributed by atoms with Crippen molar-refractivity contribution in [2.45, 2.75) is 6.92 Å². The second-order valence-electron chi connectivity index (χ2n) is 5.41. The predicted molar refractivity (Wildman–Crippen MR) is 91.8 cm³/mol. The van der Waals surface area contributed by atoms with Gasteiger partial charge in [0.15, 0.2) is 11.6 Å². The summed E-state index contributed by atoms with van der Waals surface area (Å²) in [6.07, 6.45) is 0. The maximum atomic E-state index is 12.5. The van der Waals surface area contributed by atoms with Gasteiger partial charge in [-0.1, -0.05) is 72.8 Å². The van der Waals surface area contributed by atoms with Crippen LogP contribution in [0.1, 0.15) is 33.2 Å². The van der Waals surface area contributed by atoms with Crippen molar-refractivity contribution in [3.8, 4) is 11.1 Å². The minimum Gasteiger partial charge on any atom is -0.295 e. The van der Waals surface area contributed by atoms with Gasteiger partial charge >= 0.3 is 0 Å². The van der Waals surface area contributed by atoms with Gasteiger partial charge in [0, 0.05) is 16.7 Å². The first-order valence-corrected chi connectivity index (χ1v) is 7.46. The van der Waals surface area contributed by atoms with Gasteiger partial charge in [-0.05, 0) is 24.1 Å². The number of carbonyl (C=O) groups is 2. The average molecular weight is 300 g/mol. The summed E-state index contributed by atoms with van der Waals surface area (Å²) >= 11 is 0. The minimum atomic E-state index is 0.00723. The lowest BCUT2D eigenvalue weighted by atomic mass is 9.97. The van der Waals surface area contributed by atoms with Gasteiger partial charge in [-0.3, -0.25) is 9.59 Å². The van der Waals surface area contributed by atoms with Gasteiger partial charge in [-0.25, -0.2) is 0 Å². The molecular weight excluding hydrogens is 284 g/mol. The SMILES string of the molecule is CC(=O)c1ccc(-c2cccc(C(=O)c3ccccc3)c2)cc1. The van der Waals surface area contributed by atoms with Crippen LogP contribution in [0.2, 0.25) is 0 Å². The number of ketones is 2. The molecule has 2 heteroatoms. The van der Waals surface area contributed by atoms with E-state index in [0.29, 0.717) is 16.7 Å². The zero-order valence-electron chi connectivity index (χ0n) is 12.8. The van der Waals surface area contributed by atoms with Crippen molar-refractivity contribution in [2.24, 2.45) is 0 Å². The molecule has 0 fully saturated rings. The van der Waals surface area contributed by atoms with Crippen molar-refractivity contribution in [1.29, 1.82) is 0 Å². The van der Waals surface area contributed by atoms with Gasteiger partial charge in [0.05, 0.1) is 0 Å². The number of carbonyl (C=O) groups excluding carboxylic acids is 2. The first-order chi connectivity index (χ1) is 11.1. The molecule has 0 aliphatic rings. The van der Waals surface area contributed by atoms with Crippen LogP contribution in [-0.4, -0.2) is 11.6 Å². The van der Waals surface area contributed by atoms with Crippen LogP contribution in [-0.2, 0) is 0 Å². The molecule has 112 valence electrons. The summed E-state index contributed by atoms with van der Waals surface area (Å²) in [7, 11) is 0. The maximum Gasteiger partial charge on any atom is 0.193 e. The molecular formula is C21H16O2.